The van der Waals surface area contributed by atoms with Crippen molar-refractivity contribution in [1.82, 2.24) is 0 Å². The third-order valence-electron chi connectivity index (χ3n) is 4.33. The van der Waals surface area contributed by atoms with Gasteiger partial charge in [0.25, 0.3) is 10.0 Å². The Morgan fingerprint density at radius 3 is 2.46 bits per heavy atom. The molecule has 0 heterocycles. The van der Waals surface area contributed by atoms with E-state index in [-0.39, 0.29) is 11.4 Å². The lowest BCUT2D eigenvalue weighted by atomic mass is 10.2. The first kappa shape index (κ1) is 20.4. The molecule has 0 aliphatic carbocycles. The molecule has 28 heavy (non-hydrogen) atoms. The number of sulfonamides is 1. The van der Waals surface area contributed by atoms with E-state index in [9.17, 15) is 12.8 Å². The molecule has 0 aromatic heterocycles. The topological polar surface area (TPSA) is 46.6 Å². The first-order chi connectivity index (χ1) is 13.3. The Bertz CT molecular complexity index is 1100. The molecule has 0 radical (unpaired) electrons. The Morgan fingerprint density at radius 2 is 1.79 bits per heavy atom. The first-order valence-corrected chi connectivity index (χ1v) is 10.7. The summed E-state index contributed by atoms with van der Waals surface area (Å²) in [6.07, 6.45) is 0. The third-order valence-corrected chi connectivity index (χ3v) is 6.60. The van der Waals surface area contributed by atoms with Crippen LogP contribution in [0.15, 0.2) is 76.1 Å². The van der Waals surface area contributed by atoms with Gasteiger partial charge < -0.3 is 4.74 Å². The van der Waals surface area contributed by atoms with Crippen molar-refractivity contribution in [2.75, 3.05) is 11.4 Å². The number of methoxy groups -OCH3 is 1. The van der Waals surface area contributed by atoms with Gasteiger partial charge in [0.2, 0.25) is 0 Å². The zero-order valence-corrected chi connectivity index (χ0v) is 17.8. The van der Waals surface area contributed by atoms with E-state index in [2.05, 4.69) is 15.9 Å². The molecule has 0 saturated heterocycles. The van der Waals surface area contributed by atoms with Gasteiger partial charge in [-0.3, -0.25) is 4.31 Å². The monoisotopic (exact) mass is 463 g/mol. The van der Waals surface area contributed by atoms with Crippen molar-refractivity contribution in [3.05, 3.63) is 88.1 Å². The van der Waals surface area contributed by atoms with Crippen molar-refractivity contribution in [1.29, 1.82) is 0 Å². The van der Waals surface area contributed by atoms with Crippen molar-refractivity contribution in [3.63, 3.8) is 0 Å². The zero-order chi connectivity index (χ0) is 20.3. The van der Waals surface area contributed by atoms with Gasteiger partial charge in [0, 0.05) is 10.0 Å². The van der Waals surface area contributed by atoms with E-state index in [4.69, 9.17) is 4.74 Å². The third kappa shape index (κ3) is 4.20. The fourth-order valence-electron chi connectivity index (χ4n) is 2.80. The second kappa shape index (κ2) is 8.32. The van der Waals surface area contributed by atoms with Crippen LogP contribution in [0.3, 0.4) is 0 Å². The fraction of sp³-hybridized carbons (Fsp3) is 0.143. The van der Waals surface area contributed by atoms with Gasteiger partial charge in [-0.15, -0.1) is 0 Å². The molecule has 7 heteroatoms. The minimum Gasteiger partial charge on any atom is -0.496 e. The molecule has 3 aromatic rings. The van der Waals surface area contributed by atoms with Crippen molar-refractivity contribution in [3.8, 4) is 5.75 Å². The molecule has 4 nitrogen and oxygen atoms in total. The van der Waals surface area contributed by atoms with Crippen molar-refractivity contribution >= 4 is 31.6 Å². The Kier molecular flexibility index (Phi) is 6.05. The summed E-state index contributed by atoms with van der Waals surface area (Å²) >= 11 is 3.38. The molecule has 3 aromatic carbocycles. The molecular formula is C21H19BrFNO3S. The second-order valence-electron chi connectivity index (χ2n) is 6.21. The van der Waals surface area contributed by atoms with Gasteiger partial charge in [0.15, 0.2) is 0 Å². The first-order valence-electron chi connectivity index (χ1n) is 8.49. The van der Waals surface area contributed by atoms with Crippen LogP contribution in [0.25, 0.3) is 0 Å². The summed E-state index contributed by atoms with van der Waals surface area (Å²) < 4.78 is 48.3. The molecule has 0 amide bonds. The van der Waals surface area contributed by atoms with E-state index >= 15 is 0 Å². The van der Waals surface area contributed by atoms with E-state index in [1.54, 1.807) is 37.3 Å². The second-order valence-corrected chi connectivity index (χ2v) is 8.99. The van der Waals surface area contributed by atoms with E-state index in [0.717, 1.165) is 10.5 Å². The van der Waals surface area contributed by atoms with Crippen LogP contribution in [0, 0.1) is 12.7 Å². The lowest BCUT2D eigenvalue weighted by molar-refractivity contribution is 0.410. The van der Waals surface area contributed by atoms with Gasteiger partial charge >= 0.3 is 0 Å². The van der Waals surface area contributed by atoms with Crippen LogP contribution < -0.4 is 9.04 Å². The molecule has 3 rings (SSSR count). The predicted molar refractivity (Wildman–Crippen MR) is 112 cm³/mol. The molecule has 0 aliphatic rings. The Balaban J connectivity index is 2.14. The summed E-state index contributed by atoms with van der Waals surface area (Å²) in [6, 6.07) is 18.1. The summed E-state index contributed by atoms with van der Waals surface area (Å²) in [7, 11) is -2.48. The summed E-state index contributed by atoms with van der Waals surface area (Å²) in [5.74, 6) is 0.0142. The highest BCUT2D eigenvalue weighted by Crippen LogP contribution is 2.31. The number of para-hydroxylation sites is 1. The number of nitrogens with zero attached hydrogens (tertiary/aromatic N) is 1. The zero-order valence-electron chi connectivity index (χ0n) is 15.4. The Morgan fingerprint density at radius 1 is 1.04 bits per heavy atom. The number of benzene rings is 3. The minimum absolute atomic E-state index is 0.0400. The lowest BCUT2D eigenvalue weighted by Gasteiger charge is -2.26. The fourth-order valence-corrected chi connectivity index (χ4v) is 4.63. The van der Waals surface area contributed by atoms with Gasteiger partial charge in [0.05, 0.1) is 24.2 Å². The van der Waals surface area contributed by atoms with Crippen LogP contribution in [-0.2, 0) is 16.6 Å². The molecule has 0 bridgehead atoms. The number of hydrogen-bond donors (Lipinski definition) is 0. The molecule has 0 N–H and O–H groups in total. The minimum atomic E-state index is -4.02. The van der Waals surface area contributed by atoms with E-state index in [0.29, 0.717) is 22.6 Å². The van der Waals surface area contributed by atoms with E-state index < -0.39 is 15.8 Å². The van der Waals surface area contributed by atoms with Gasteiger partial charge in [-0.2, -0.15) is 0 Å². The van der Waals surface area contributed by atoms with Crippen molar-refractivity contribution in [2.45, 2.75) is 18.4 Å². The summed E-state index contributed by atoms with van der Waals surface area (Å²) in [6.45, 7) is 1.63. The van der Waals surface area contributed by atoms with Gasteiger partial charge in [-0.25, -0.2) is 12.8 Å². The van der Waals surface area contributed by atoms with Gasteiger partial charge in [0.1, 0.15) is 11.6 Å². The molecule has 146 valence electrons. The average molecular weight is 464 g/mol. The lowest BCUT2D eigenvalue weighted by Crippen LogP contribution is -2.31. The van der Waals surface area contributed by atoms with Crippen molar-refractivity contribution < 1.29 is 17.5 Å². The van der Waals surface area contributed by atoms with Crippen LogP contribution in [-0.4, -0.2) is 15.5 Å². The normalized spacial score (nSPS) is 11.3. The van der Waals surface area contributed by atoms with Crippen molar-refractivity contribution in [2.24, 2.45) is 0 Å². The van der Waals surface area contributed by atoms with E-state index in [1.165, 1.54) is 23.5 Å². The molecule has 0 unspecified atom stereocenters. The van der Waals surface area contributed by atoms with Gasteiger partial charge in [-0.05, 0) is 48.9 Å². The highest BCUT2D eigenvalue weighted by molar-refractivity contribution is 9.10. The highest BCUT2D eigenvalue weighted by Gasteiger charge is 2.27. The molecule has 0 spiro atoms. The summed E-state index contributed by atoms with van der Waals surface area (Å²) in [4.78, 5) is -0.106. The summed E-state index contributed by atoms with van der Waals surface area (Å²) in [5.41, 5.74) is 1.54. The van der Waals surface area contributed by atoms with Crippen LogP contribution in [0.2, 0.25) is 0 Å². The number of aryl methyl sites for hydroxylation is 1. The van der Waals surface area contributed by atoms with Crippen LogP contribution in [0.4, 0.5) is 10.1 Å². The smallest absolute Gasteiger partial charge is 0.264 e. The quantitative estimate of drug-likeness (QED) is 0.498. The predicted octanol–water partition coefficient (Wildman–Crippen LogP) is 5.30. The molecule has 0 fully saturated rings. The largest absolute Gasteiger partial charge is 0.496 e. The SMILES string of the molecule is COc1ccccc1CN(c1cccc(Br)c1)S(=O)(=O)c1ccc(C)c(F)c1. The van der Waals surface area contributed by atoms with Crippen LogP contribution in [0.1, 0.15) is 11.1 Å². The Labute approximate surface area is 172 Å². The number of rotatable bonds is 6. The average Bonchev–Trinajstić information content (AvgIpc) is 2.68. The standard InChI is InChI=1S/C21H19BrFNO3S/c1-15-10-11-19(13-20(15)23)28(25,26)24(18-8-5-7-17(22)12-18)14-16-6-3-4-9-21(16)27-2/h3-13H,14H2,1-2H3. The number of halogens is 2. The maximum atomic E-state index is 14.1. The number of hydrogen-bond acceptors (Lipinski definition) is 3. The molecule has 0 aliphatic heterocycles. The van der Waals surface area contributed by atoms with E-state index in [1.807, 2.05) is 18.2 Å². The van der Waals surface area contributed by atoms with Gasteiger partial charge in [-0.1, -0.05) is 46.3 Å². The molecular weight excluding hydrogens is 445 g/mol. The summed E-state index contributed by atoms with van der Waals surface area (Å²) in [5, 5.41) is 0. The number of ether oxygens (including phenoxy) is 1. The Hall–Kier alpha value is -2.38. The molecule has 0 atom stereocenters. The highest BCUT2D eigenvalue weighted by atomic mass is 79.9. The number of anilines is 1. The van der Waals surface area contributed by atoms with Crippen LogP contribution in [0.5, 0.6) is 5.75 Å². The molecule has 0 saturated carbocycles. The maximum absolute atomic E-state index is 14.1. The maximum Gasteiger partial charge on any atom is 0.264 e. The van der Waals surface area contributed by atoms with Crippen LogP contribution >= 0.6 is 15.9 Å².